The maximum Gasteiger partial charge on any atom is 0.246 e. The Labute approximate surface area is 214 Å². The normalized spacial score (nSPS) is 17.9. The number of piperidine rings is 1. The Bertz CT molecular complexity index is 1080. The number of hydrogen-bond acceptors (Lipinski definition) is 6. The quantitative estimate of drug-likeness (QED) is 0.353. The van der Waals surface area contributed by atoms with Gasteiger partial charge in [-0.25, -0.2) is 8.42 Å². The number of nitrogens with one attached hydrogen (secondary N) is 2. The summed E-state index contributed by atoms with van der Waals surface area (Å²) in [4.78, 5) is 0.138. The van der Waals surface area contributed by atoms with E-state index in [-0.39, 0.29) is 17.4 Å². The Hall–Kier alpha value is -1.27. The number of sulfonamides is 1. The van der Waals surface area contributed by atoms with Crippen LogP contribution in [0.2, 0.25) is 10.0 Å². The Morgan fingerprint density at radius 2 is 2.00 bits per heavy atom. The molecule has 1 saturated heterocycles. The average Bonchev–Trinajstić information content (AvgIpc) is 3.33. The number of halogens is 2. The van der Waals surface area contributed by atoms with Crippen molar-refractivity contribution < 1.29 is 17.7 Å². The molecule has 2 N–H and O–H groups in total. The molecule has 2 aromatic rings. The summed E-state index contributed by atoms with van der Waals surface area (Å²) in [6, 6.07) is 2.98. The molecule has 1 aromatic heterocycles. The van der Waals surface area contributed by atoms with Crippen molar-refractivity contribution in [2.45, 2.75) is 49.3 Å². The molecule has 2 unspecified atom stereocenters. The zero-order valence-corrected chi connectivity index (χ0v) is 22.5. The van der Waals surface area contributed by atoms with Crippen molar-refractivity contribution in [3.8, 4) is 5.75 Å². The second kappa shape index (κ2) is 11.2. The number of aromatic amines is 1. The molecule has 0 radical (unpaired) electrons. The van der Waals surface area contributed by atoms with E-state index in [9.17, 15) is 13.0 Å². The predicted octanol–water partition coefficient (Wildman–Crippen LogP) is 4.48. The van der Waals surface area contributed by atoms with Gasteiger partial charge in [0.1, 0.15) is 22.0 Å². The van der Waals surface area contributed by atoms with Crippen molar-refractivity contribution in [3.05, 3.63) is 52.8 Å². The molecule has 8 nitrogen and oxygen atoms in total. The third-order valence-electron chi connectivity index (χ3n) is 5.62. The number of rotatable bonds is 9. The topological polar surface area (TPSA) is 110 Å². The first kappa shape index (κ1) is 27.3. The van der Waals surface area contributed by atoms with Crippen molar-refractivity contribution in [1.29, 1.82) is 0 Å². The number of H-pyrrole nitrogens is 1. The molecule has 0 aliphatic carbocycles. The van der Waals surface area contributed by atoms with Crippen molar-refractivity contribution in [3.63, 3.8) is 0 Å². The zero-order chi connectivity index (χ0) is 25.1. The van der Waals surface area contributed by atoms with Gasteiger partial charge in [0.2, 0.25) is 10.0 Å². The average molecular weight is 550 g/mol. The second-order valence-electron chi connectivity index (χ2n) is 9.06. The van der Waals surface area contributed by atoms with Crippen molar-refractivity contribution >= 4 is 44.6 Å². The molecule has 188 valence electrons. The molecule has 3 rings (SSSR count). The van der Waals surface area contributed by atoms with Crippen LogP contribution in [0.5, 0.6) is 5.75 Å². The van der Waals surface area contributed by atoms with Gasteiger partial charge in [-0.2, -0.15) is 9.40 Å². The van der Waals surface area contributed by atoms with E-state index in [1.165, 1.54) is 16.7 Å². The minimum Gasteiger partial charge on any atom is -0.598 e. The lowest BCUT2D eigenvalue weighted by atomic mass is 9.86. The van der Waals surface area contributed by atoms with Gasteiger partial charge in [0.15, 0.2) is 0 Å². The molecule has 0 amide bonds. The van der Waals surface area contributed by atoms with Crippen LogP contribution in [0.4, 0.5) is 0 Å². The third-order valence-corrected chi connectivity index (χ3v) is 9.78. The summed E-state index contributed by atoms with van der Waals surface area (Å²) >= 11 is 11.2. The van der Waals surface area contributed by atoms with Gasteiger partial charge in [0.25, 0.3) is 0 Å². The van der Waals surface area contributed by atoms with Crippen LogP contribution in [0, 0.1) is 5.92 Å². The number of aromatic nitrogens is 2. The number of ether oxygens (including phenoxy) is 1. The van der Waals surface area contributed by atoms with Crippen LogP contribution >= 0.6 is 23.2 Å². The van der Waals surface area contributed by atoms with Crippen molar-refractivity contribution in [1.82, 2.24) is 19.2 Å². The summed E-state index contributed by atoms with van der Waals surface area (Å²) in [5, 5.41) is 7.01. The van der Waals surface area contributed by atoms with Crippen molar-refractivity contribution in [2.24, 2.45) is 5.92 Å². The fourth-order valence-corrected chi connectivity index (χ4v) is 6.35. The minimum atomic E-state index is -3.63. The monoisotopic (exact) mass is 548 g/mol. The largest absolute Gasteiger partial charge is 0.598 e. The molecule has 2 atom stereocenters. The number of nitrogens with zero attached hydrogens (tertiary/aromatic N) is 2. The van der Waals surface area contributed by atoms with E-state index < -0.39 is 32.2 Å². The molecular formula is C22H30Cl2N4O4S2. The van der Waals surface area contributed by atoms with Crippen molar-refractivity contribution in [2.75, 3.05) is 19.7 Å². The fraction of sp³-hybridized carbons (Fsp3) is 0.500. The highest BCUT2D eigenvalue weighted by Gasteiger charge is 2.39. The summed E-state index contributed by atoms with van der Waals surface area (Å²) in [5.41, 5.74) is 0.727. The standard InChI is InChI=1S/C22H30Cl2N4O4S2/c1-5-10-32-20-12-19(24)18(23)11-17(20)21(27-33(29)22(2,3)4)15-6-8-28(9-7-15)34(30,31)16-13-25-26-14-16/h5,11-15,21,27H,1,6-10H2,2-4H3,(H,25,26). The van der Waals surface area contributed by atoms with Crippen LogP contribution < -0.4 is 9.46 Å². The molecule has 1 aromatic carbocycles. The molecule has 1 aliphatic heterocycles. The fourth-order valence-electron chi connectivity index (χ4n) is 3.75. The highest BCUT2D eigenvalue weighted by atomic mass is 35.5. The maximum atomic E-state index is 13.1. The van der Waals surface area contributed by atoms with Gasteiger partial charge in [0, 0.05) is 42.3 Å². The van der Waals surface area contributed by atoms with Crippen LogP contribution in [0.3, 0.4) is 0 Å². The summed E-state index contributed by atoms with van der Waals surface area (Å²) in [6.45, 7) is 10.3. The lowest BCUT2D eigenvalue weighted by molar-refractivity contribution is 0.233. The molecule has 1 fully saturated rings. The van der Waals surface area contributed by atoms with Gasteiger partial charge in [-0.1, -0.05) is 35.9 Å². The van der Waals surface area contributed by atoms with Crippen LogP contribution in [-0.2, 0) is 21.4 Å². The molecule has 0 saturated carbocycles. The van der Waals surface area contributed by atoms with E-state index in [0.717, 1.165) is 5.56 Å². The Balaban J connectivity index is 1.91. The van der Waals surface area contributed by atoms with E-state index in [4.69, 9.17) is 27.9 Å². The first-order valence-corrected chi connectivity index (χ1v) is 14.2. The zero-order valence-electron chi connectivity index (χ0n) is 19.4. The molecule has 0 bridgehead atoms. The van der Waals surface area contributed by atoms with E-state index in [0.29, 0.717) is 41.7 Å². The Morgan fingerprint density at radius 3 is 2.56 bits per heavy atom. The third kappa shape index (κ3) is 6.29. The number of benzene rings is 1. The smallest absolute Gasteiger partial charge is 0.246 e. The molecular weight excluding hydrogens is 519 g/mol. The molecule has 1 aliphatic rings. The first-order chi connectivity index (χ1) is 15.9. The van der Waals surface area contributed by atoms with Gasteiger partial charge < -0.3 is 9.29 Å². The lowest BCUT2D eigenvalue weighted by Gasteiger charge is -2.37. The van der Waals surface area contributed by atoms with E-state index >= 15 is 0 Å². The summed E-state index contributed by atoms with van der Waals surface area (Å²) in [7, 11) is -3.63. The Kier molecular flexibility index (Phi) is 9.00. The summed E-state index contributed by atoms with van der Waals surface area (Å²) in [6.07, 6.45) is 5.41. The predicted molar refractivity (Wildman–Crippen MR) is 136 cm³/mol. The van der Waals surface area contributed by atoms with Crippen LogP contribution in [0.15, 0.2) is 42.1 Å². The van der Waals surface area contributed by atoms with E-state index in [1.807, 2.05) is 20.8 Å². The molecule has 2 heterocycles. The number of hydrogen-bond donors (Lipinski definition) is 2. The molecule has 12 heteroatoms. The lowest BCUT2D eigenvalue weighted by Crippen LogP contribution is -2.46. The summed E-state index contributed by atoms with van der Waals surface area (Å²) < 4.78 is 49.0. The minimum absolute atomic E-state index is 0.0228. The highest BCUT2D eigenvalue weighted by molar-refractivity contribution is 7.90. The Morgan fingerprint density at radius 1 is 1.35 bits per heavy atom. The van der Waals surface area contributed by atoms with Gasteiger partial charge in [-0.05, 0) is 45.6 Å². The van der Waals surface area contributed by atoms with Gasteiger partial charge in [0.05, 0.1) is 22.3 Å². The second-order valence-corrected chi connectivity index (χ2v) is 13.8. The van der Waals surface area contributed by atoms with Crippen LogP contribution in [-0.4, -0.2) is 51.9 Å². The SMILES string of the molecule is C=CCOc1cc(Cl)c(Cl)cc1C(N[S+]([O-])C(C)(C)C)C1CCN(S(=O)(=O)c2cn[nH]c2)CC1. The molecule has 34 heavy (non-hydrogen) atoms. The van der Waals surface area contributed by atoms with Gasteiger partial charge >= 0.3 is 0 Å². The van der Waals surface area contributed by atoms with Gasteiger partial charge in [-0.3, -0.25) is 5.10 Å². The maximum absolute atomic E-state index is 13.1. The first-order valence-electron chi connectivity index (χ1n) is 10.8. The van der Waals surface area contributed by atoms with Crippen LogP contribution in [0.1, 0.15) is 45.2 Å². The molecule has 0 spiro atoms. The van der Waals surface area contributed by atoms with Crippen LogP contribution in [0.25, 0.3) is 0 Å². The van der Waals surface area contributed by atoms with Gasteiger partial charge in [-0.15, -0.1) is 4.72 Å². The summed E-state index contributed by atoms with van der Waals surface area (Å²) in [5.74, 6) is 0.497. The van der Waals surface area contributed by atoms with E-state index in [2.05, 4.69) is 21.5 Å². The highest BCUT2D eigenvalue weighted by Crippen LogP contribution is 2.41. The van der Waals surface area contributed by atoms with E-state index in [1.54, 1.807) is 18.2 Å².